The SMILES string of the molecule is O=C(O)CCCNC(=O)c1cc([N+](=O)[O-])cn1C1CC1. The molecular formula is C12H15N3O5. The summed E-state index contributed by atoms with van der Waals surface area (Å²) in [6.45, 7) is 0.231. The Morgan fingerprint density at radius 2 is 2.20 bits per heavy atom. The molecule has 0 saturated heterocycles. The number of hydrogen-bond acceptors (Lipinski definition) is 4. The van der Waals surface area contributed by atoms with Crippen LogP contribution in [0.2, 0.25) is 0 Å². The lowest BCUT2D eigenvalue weighted by atomic mass is 10.3. The molecule has 0 atom stereocenters. The zero-order chi connectivity index (χ0) is 14.7. The zero-order valence-electron chi connectivity index (χ0n) is 10.7. The minimum atomic E-state index is -0.920. The number of carbonyl (C=O) groups excluding carboxylic acids is 1. The second-order valence-electron chi connectivity index (χ2n) is 4.73. The Labute approximate surface area is 114 Å². The van der Waals surface area contributed by atoms with Crippen LogP contribution >= 0.6 is 0 Å². The molecule has 1 amide bonds. The van der Waals surface area contributed by atoms with Gasteiger partial charge in [0.2, 0.25) is 0 Å². The number of hydrogen-bond donors (Lipinski definition) is 2. The van der Waals surface area contributed by atoms with Gasteiger partial charge in [0.25, 0.3) is 11.6 Å². The van der Waals surface area contributed by atoms with E-state index in [9.17, 15) is 19.7 Å². The van der Waals surface area contributed by atoms with Gasteiger partial charge in [0.15, 0.2) is 0 Å². The van der Waals surface area contributed by atoms with E-state index in [1.165, 1.54) is 12.3 Å². The van der Waals surface area contributed by atoms with E-state index in [4.69, 9.17) is 5.11 Å². The highest BCUT2D eigenvalue weighted by molar-refractivity contribution is 5.93. The lowest BCUT2D eigenvalue weighted by Gasteiger charge is -2.07. The van der Waals surface area contributed by atoms with E-state index in [0.717, 1.165) is 12.8 Å². The first-order valence-corrected chi connectivity index (χ1v) is 6.35. The molecule has 0 spiro atoms. The molecule has 8 heteroatoms. The van der Waals surface area contributed by atoms with Crippen LogP contribution in [0.25, 0.3) is 0 Å². The lowest BCUT2D eigenvalue weighted by Crippen LogP contribution is -2.27. The summed E-state index contributed by atoms with van der Waals surface area (Å²) >= 11 is 0. The van der Waals surface area contributed by atoms with E-state index in [0.29, 0.717) is 6.42 Å². The summed E-state index contributed by atoms with van der Waals surface area (Å²) in [7, 11) is 0. The van der Waals surface area contributed by atoms with E-state index in [2.05, 4.69) is 5.32 Å². The number of rotatable bonds is 7. The molecule has 108 valence electrons. The highest BCUT2D eigenvalue weighted by Gasteiger charge is 2.30. The summed E-state index contributed by atoms with van der Waals surface area (Å²) in [4.78, 5) is 32.6. The van der Waals surface area contributed by atoms with E-state index < -0.39 is 16.8 Å². The molecule has 0 radical (unpaired) electrons. The second kappa shape index (κ2) is 5.72. The van der Waals surface area contributed by atoms with Crippen molar-refractivity contribution in [3.8, 4) is 0 Å². The van der Waals surface area contributed by atoms with Crippen molar-refractivity contribution < 1.29 is 19.6 Å². The van der Waals surface area contributed by atoms with E-state index >= 15 is 0 Å². The maximum Gasteiger partial charge on any atom is 0.303 e. The summed E-state index contributed by atoms with van der Waals surface area (Å²) in [6.07, 6.45) is 3.50. The smallest absolute Gasteiger partial charge is 0.303 e. The van der Waals surface area contributed by atoms with Crippen molar-refractivity contribution in [3.05, 3.63) is 28.1 Å². The number of amides is 1. The molecule has 2 rings (SSSR count). The number of nitro groups is 1. The Morgan fingerprint density at radius 1 is 1.50 bits per heavy atom. The van der Waals surface area contributed by atoms with Gasteiger partial charge in [0.05, 0.1) is 11.1 Å². The Balaban J connectivity index is 2.01. The van der Waals surface area contributed by atoms with E-state index in [-0.39, 0.29) is 30.4 Å². The third-order valence-corrected chi connectivity index (χ3v) is 3.07. The molecule has 1 heterocycles. The quantitative estimate of drug-likeness (QED) is 0.444. The summed E-state index contributed by atoms with van der Waals surface area (Å²) < 4.78 is 1.63. The van der Waals surface area contributed by atoms with Crippen molar-refractivity contribution in [2.24, 2.45) is 0 Å². The predicted molar refractivity (Wildman–Crippen MR) is 68.6 cm³/mol. The monoisotopic (exact) mass is 281 g/mol. The molecule has 0 aromatic carbocycles. The predicted octanol–water partition coefficient (Wildman–Crippen LogP) is 1.33. The number of carbonyl (C=O) groups is 2. The van der Waals surface area contributed by atoms with Crippen LogP contribution in [0.4, 0.5) is 5.69 Å². The van der Waals surface area contributed by atoms with Gasteiger partial charge >= 0.3 is 5.97 Å². The van der Waals surface area contributed by atoms with Gasteiger partial charge in [-0.15, -0.1) is 0 Å². The Hall–Kier alpha value is -2.38. The van der Waals surface area contributed by atoms with Gasteiger partial charge < -0.3 is 15.0 Å². The maximum absolute atomic E-state index is 12.0. The average Bonchev–Trinajstić information content (AvgIpc) is 3.12. The van der Waals surface area contributed by atoms with Crippen molar-refractivity contribution >= 4 is 17.6 Å². The maximum atomic E-state index is 12.0. The van der Waals surface area contributed by atoms with Gasteiger partial charge in [0, 0.05) is 25.1 Å². The molecular weight excluding hydrogens is 266 g/mol. The number of carboxylic acids is 1. The molecule has 1 aromatic rings. The molecule has 1 fully saturated rings. The van der Waals surface area contributed by atoms with E-state index in [1.807, 2.05) is 0 Å². The Kier molecular flexibility index (Phi) is 4.02. The highest BCUT2D eigenvalue weighted by atomic mass is 16.6. The first-order valence-electron chi connectivity index (χ1n) is 6.35. The largest absolute Gasteiger partial charge is 0.481 e. The number of carboxylic acid groups (broad SMARTS) is 1. The van der Waals surface area contributed by atoms with Crippen LogP contribution in [0.15, 0.2) is 12.3 Å². The van der Waals surface area contributed by atoms with Crippen molar-refractivity contribution in [1.29, 1.82) is 0 Å². The van der Waals surface area contributed by atoms with Crippen LogP contribution in [0.5, 0.6) is 0 Å². The fourth-order valence-electron chi connectivity index (χ4n) is 1.93. The fourth-order valence-corrected chi connectivity index (χ4v) is 1.93. The molecule has 2 N–H and O–H groups in total. The molecule has 1 saturated carbocycles. The normalized spacial score (nSPS) is 14.0. The van der Waals surface area contributed by atoms with Gasteiger partial charge in [-0.3, -0.25) is 19.7 Å². The Bertz CT molecular complexity index is 547. The molecule has 1 aromatic heterocycles. The van der Waals surface area contributed by atoms with Gasteiger partial charge in [-0.2, -0.15) is 0 Å². The van der Waals surface area contributed by atoms with Crippen LogP contribution in [0, 0.1) is 10.1 Å². The molecule has 20 heavy (non-hydrogen) atoms. The summed E-state index contributed by atoms with van der Waals surface area (Å²) in [6, 6.07) is 1.41. The number of aromatic nitrogens is 1. The standard InChI is InChI=1S/C12H15N3O5/c16-11(17)2-1-5-13-12(18)10-6-9(15(19)20)7-14(10)8-3-4-8/h6-8H,1-5H2,(H,13,18)(H,16,17). The van der Waals surface area contributed by atoms with Gasteiger partial charge in [0.1, 0.15) is 5.69 Å². The number of aliphatic carboxylic acids is 1. The third kappa shape index (κ3) is 3.34. The average molecular weight is 281 g/mol. The van der Waals surface area contributed by atoms with Gasteiger partial charge in [-0.05, 0) is 19.3 Å². The first-order chi connectivity index (χ1) is 9.49. The van der Waals surface area contributed by atoms with Gasteiger partial charge in [-0.1, -0.05) is 0 Å². The van der Waals surface area contributed by atoms with Crippen LogP contribution in [0.3, 0.4) is 0 Å². The molecule has 1 aliphatic rings. The number of nitrogens with one attached hydrogen (secondary N) is 1. The Morgan fingerprint density at radius 3 is 2.75 bits per heavy atom. The first kappa shape index (κ1) is 14.0. The topological polar surface area (TPSA) is 114 Å². The number of nitrogens with zero attached hydrogens (tertiary/aromatic N) is 2. The second-order valence-corrected chi connectivity index (χ2v) is 4.73. The molecule has 8 nitrogen and oxygen atoms in total. The summed E-state index contributed by atoms with van der Waals surface area (Å²) in [5.41, 5.74) is 0.155. The third-order valence-electron chi connectivity index (χ3n) is 3.07. The summed E-state index contributed by atoms with van der Waals surface area (Å²) in [5, 5.41) is 21.8. The van der Waals surface area contributed by atoms with Crippen LogP contribution in [-0.2, 0) is 4.79 Å². The van der Waals surface area contributed by atoms with Crippen LogP contribution in [0.1, 0.15) is 42.2 Å². The minimum absolute atomic E-state index is 0.0237. The van der Waals surface area contributed by atoms with Gasteiger partial charge in [-0.25, -0.2) is 0 Å². The van der Waals surface area contributed by atoms with Crippen molar-refractivity contribution in [2.75, 3.05) is 6.54 Å². The van der Waals surface area contributed by atoms with Crippen LogP contribution in [-0.4, -0.2) is 33.0 Å². The molecule has 0 aliphatic heterocycles. The van der Waals surface area contributed by atoms with Crippen molar-refractivity contribution in [2.45, 2.75) is 31.7 Å². The van der Waals surface area contributed by atoms with E-state index in [1.54, 1.807) is 4.57 Å². The van der Waals surface area contributed by atoms with Crippen LogP contribution < -0.4 is 5.32 Å². The van der Waals surface area contributed by atoms with Crippen molar-refractivity contribution in [1.82, 2.24) is 9.88 Å². The summed E-state index contributed by atoms with van der Waals surface area (Å²) in [5.74, 6) is -1.33. The highest BCUT2D eigenvalue weighted by Crippen LogP contribution is 2.37. The molecule has 0 unspecified atom stereocenters. The van der Waals surface area contributed by atoms with Crippen molar-refractivity contribution in [3.63, 3.8) is 0 Å². The zero-order valence-corrected chi connectivity index (χ0v) is 10.7. The molecule has 0 bridgehead atoms. The minimum Gasteiger partial charge on any atom is -0.481 e. The fraction of sp³-hybridized carbons (Fsp3) is 0.500. The molecule has 1 aliphatic carbocycles. The lowest BCUT2D eigenvalue weighted by molar-refractivity contribution is -0.384.